The smallest absolute Gasteiger partial charge is 0.228 e. The van der Waals surface area contributed by atoms with Gasteiger partial charge in [-0.3, -0.25) is 14.2 Å². The maximum atomic E-state index is 13.0. The van der Waals surface area contributed by atoms with Crippen molar-refractivity contribution in [2.45, 2.75) is 32.6 Å². The number of primary amides is 1. The summed E-state index contributed by atoms with van der Waals surface area (Å²) in [6, 6.07) is 21.2. The number of pyridine rings is 3. The van der Waals surface area contributed by atoms with Crippen molar-refractivity contribution in [1.82, 2.24) is 24.5 Å². The first-order valence-electron chi connectivity index (χ1n) is 13.6. The molecule has 0 radical (unpaired) electrons. The Bertz CT molecular complexity index is 1760. The lowest BCUT2D eigenvalue weighted by molar-refractivity contribution is -0.126. The largest absolute Gasteiger partial charge is 0.383 e. The SMILES string of the molecule is Cc1nc(NC(=O)[C@H]2CC[C@H](C(N)=O)CC2)ccc1-n1c(-c2cccnc2N)nc2ccc(-c3ccccc3)nc21. The summed E-state index contributed by atoms with van der Waals surface area (Å²) >= 11 is 0. The Morgan fingerprint density at radius 3 is 2.34 bits per heavy atom. The molecule has 0 bridgehead atoms. The molecule has 1 aliphatic rings. The minimum Gasteiger partial charge on any atom is -0.383 e. The second-order valence-corrected chi connectivity index (χ2v) is 10.4. The molecule has 2 amide bonds. The van der Waals surface area contributed by atoms with E-state index in [9.17, 15) is 9.59 Å². The van der Waals surface area contributed by atoms with Crippen LogP contribution in [0.15, 0.2) is 72.9 Å². The highest BCUT2D eigenvalue weighted by molar-refractivity contribution is 5.92. The number of aryl methyl sites for hydroxylation is 1. The van der Waals surface area contributed by atoms with Gasteiger partial charge in [-0.1, -0.05) is 30.3 Å². The lowest BCUT2D eigenvalue weighted by Crippen LogP contribution is -2.32. The monoisotopic (exact) mass is 546 g/mol. The third-order valence-corrected chi connectivity index (χ3v) is 7.70. The van der Waals surface area contributed by atoms with E-state index in [4.69, 9.17) is 26.4 Å². The number of fused-ring (bicyclic) bond motifs is 1. The number of hydrogen-bond donors (Lipinski definition) is 3. The molecule has 10 heteroatoms. The lowest BCUT2D eigenvalue weighted by Gasteiger charge is -2.25. The highest BCUT2D eigenvalue weighted by Crippen LogP contribution is 2.33. The van der Waals surface area contributed by atoms with Gasteiger partial charge in [0.1, 0.15) is 17.2 Å². The summed E-state index contributed by atoms with van der Waals surface area (Å²) in [5.74, 6) is 0.691. The molecule has 5 aromatic rings. The summed E-state index contributed by atoms with van der Waals surface area (Å²) in [5.41, 5.74) is 17.0. The Hall–Kier alpha value is -5.12. The molecule has 1 fully saturated rings. The summed E-state index contributed by atoms with van der Waals surface area (Å²) in [6.45, 7) is 1.88. The molecule has 4 heterocycles. The van der Waals surface area contributed by atoms with Crippen molar-refractivity contribution in [2.75, 3.05) is 11.1 Å². The molecule has 0 unspecified atom stereocenters. The number of aromatic nitrogens is 5. The highest BCUT2D eigenvalue weighted by atomic mass is 16.2. The molecule has 0 spiro atoms. The van der Waals surface area contributed by atoms with Crippen LogP contribution >= 0.6 is 0 Å². The number of rotatable bonds is 6. The zero-order valence-corrected chi connectivity index (χ0v) is 22.6. The third-order valence-electron chi connectivity index (χ3n) is 7.70. The van der Waals surface area contributed by atoms with E-state index in [1.165, 1.54) is 0 Å². The van der Waals surface area contributed by atoms with E-state index in [2.05, 4.69) is 10.3 Å². The van der Waals surface area contributed by atoms with Gasteiger partial charge in [0, 0.05) is 23.6 Å². The summed E-state index contributed by atoms with van der Waals surface area (Å²) < 4.78 is 1.94. The van der Waals surface area contributed by atoms with E-state index >= 15 is 0 Å². The predicted octanol–water partition coefficient (Wildman–Crippen LogP) is 4.67. The van der Waals surface area contributed by atoms with Gasteiger partial charge in [-0.25, -0.2) is 19.9 Å². The summed E-state index contributed by atoms with van der Waals surface area (Å²) in [4.78, 5) is 43.3. The molecule has 206 valence electrons. The number of benzene rings is 1. The van der Waals surface area contributed by atoms with Gasteiger partial charge in [0.15, 0.2) is 11.5 Å². The van der Waals surface area contributed by atoms with Crippen molar-refractivity contribution in [1.29, 1.82) is 0 Å². The van der Waals surface area contributed by atoms with Crippen LogP contribution in [-0.4, -0.2) is 36.3 Å². The van der Waals surface area contributed by atoms with Crippen molar-refractivity contribution >= 4 is 34.6 Å². The third kappa shape index (κ3) is 5.11. The Morgan fingerprint density at radius 1 is 0.878 bits per heavy atom. The number of anilines is 2. The van der Waals surface area contributed by atoms with E-state index in [0.717, 1.165) is 16.9 Å². The van der Waals surface area contributed by atoms with E-state index in [0.29, 0.717) is 65.6 Å². The van der Waals surface area contributed by atoms with Crippen LogP contribution in [-0.2, 0) is 9.59 Å². The van der Waals surface area contributed by atoms with E-state index in [1.54, 1.807) is 12.3 Å². The number of carbonyl (C=O) groups excluding carboxylic acids is 2. The molecular weight excluding hydrogens is 516 g/mol. The van der Waals surface area contributed by atoms with Crippen LogP contribution in [0.25, 0.3) is 39.5 Å². The van der Waals surface area contributed by atoms with Gasteiger partial charge in [-0.05, 0) is 69.0 Å². The van der Waals surface area contributed by atoms with E-state index in [-0.39, 0.29) is 23.7 Å². The molecule has 10 nitrogen and oxygen atoms in total. The van der Waals surface area contributed by atoms with E-state index in [1.807, 2.05) is 72.2 Å². The first kappa shape index (κ1) is 26.1. The number of nitrogens with one attached hydrogen (secondary N) is 1. The van der Waals surface area contributed by atoms with Crippen molar-refractivity contribution in [3.05, 3.63) is 78.6 Å². The maximum absolute atomic E-state index is 13.0. The van der Waals surface area contributed by atoms with Gasteiger partial charge in [0.25, 0.3) is 0 Å². The molecular formula is C31H30N8O2. The fourth-order valence-electron chi connectivity index (χ4n) is 5.47. The van der Waals surface area contributed by atoms with Crippen LogP contribution in [0.1, 0.15) is 31.4 Å². The molecule has 6 rings (SSSR count). The van der Waals surface area contributed by atoms with E-state index < -0.39 is 0 Å². The topological polar surface area (TPSA) is 155 Å². The summed E-state index contributed by atoms with van der Waals surface area (Å²) in [5, 5.41) is 2.96. The van der Waals surface area contributed by atoms with Crippen molar-refractivity contribution in [3.8, 4) is 28.3 Å². The Morgan fingerprint density at radius 2 is 1.63 bits per heavy atom. The number of hydrogen-bond acceptors (Lipinski definition) is 7. The Balaban J connectivity index is 1.38. The van der Waals surface area contributed by atoms with Crippen LogP contribution in [0.5, 0.6) is 0 Å². The van der Waals surface area contributed by atoms with Crippen LogP contribution < -0.4 is 16.8 Å². The second kappa shape index (κ2) is 10.8. The zero-order chi connectivity index (χ0) is 28.5. The zero-order valence-electron chi connectivity index (χ0n) is 22.6. The minimum atomic E-state index is -0.290. The van der Waals surface area contributed by atoms with Gasteiger partial charge >= 0.3 is 0 Å². The molecule has 1 aliphatic carbocycles. The fraction of sp³-hybridized carbons (Fsp3) is 0.226. The molecule has 5 N–H and O–H groups in total. The van der Waals surface area contributed by atoms with Crippen LogP contribution in [0.3, 0.4) is 0 Å². The molecule has 0 saturated heterocycles. The number of nitrogen functional groups attached to an aromatic ring is 1. The number of nitrogens with zero attached hydrogens (tertiary/aromatic N) is 5. The van der Waals surface area contributed by atoms with Gasteiger partial charge in [-0.2, -0.15) is 0 Å². The number of carbonyl (C=O) groups is 2. The molecule has 4 aromatic heterocycles. The van der Waals surface area contributed by atoms with Crippen LogP contribution in [0, 0.1) is 18.8 Å². The van der Waals surface area contributed by atoms with Crippen molar-refractivity contribution in [2.24, 2.45) is 17.6 Å². The first-order chi connectivity index (χ1) is 19.9. The van der Waals surface area contributed by atoms with Gasteiger partial charge in [0.2, 0.25) is 11.8 Å². The predicted molar refractivity (Wildman–Crippen MR) is 158 cm³/mol. The second-order valence-electron chi connectivity index (χ2n) is 10.4. The average Bonchev–Trinajstić information content (AvgIpc) is 3.36. The molecule has 1 saturated carbocycles. The number of imidazole rings is 1. The van der Waals surface area contributed by atoms with Crippen LogP contribution in [0.2, 0.25) is 0 Å². The number of nitrogens with two attached hydrogens (primary N) is 2. The van der Waals surface area contributed by atoms with Crippen LogP contribution in [0.4, 0.5) is 11.6 Å². The first-order valence-corrected chi connectivity index (χ1v) is 13.6. The fourth-order valence-corrected chi connectivity index (χ4v) is 5.47. The van der Waals surface area contributed by atoms with Gasteiger partial charge in [0.05, 0.1) is 22.6 Å². The molecule has 0 aliphatic heterocycles. The van der Waals surface area contributed by atoms with Gasteiger partial charge < -0.3 is 16.8 Å². The standard InChI is InChI=1S/C31H30N8O2/c1-18-25(15-16-26(35-18)38-31(41)21-11-9-20(10-12-21)28(33)40)39-29(22-8-5-17-34-27(22)32)37-24-14-13-23(36-30(24)39)19-6-3-2-4-7-19/h2-8,13-17,20-21H,9-12H2,1H3,(H2,32,34)(H2,33,40)(H,35,38,41)/t20-,21-. The van der Waals surface area contributed by atoms with Crippen molar-refractivity contribution in [3.63, 3.8) is 0 Å². The molecule has 1 aromatic carbocycles. The summed E-state index contributed by atoms with van der Waals surface area (Å²) in [6.07, 6.45) is 4.16. The Labute approximate surface area is 236 Å². The van der Waals surface area contributed by atoms with Crippen molar-refractivity contribution < 1.29 is 9.59 Å². The maximum Gasteiger partial charge on any atom is 0.228 e. The lowest BCUT2D eigenvalue weighted by atomic mass is 9.81. The number of amides is 2. The normalized spacial score (nSPS) is 16.9. The highest BCUT2D eigenvalue weighted by Gasteiger charge is 2.29. The minimum absolute atomic E-state index is 0.0985. The molecule has 41 heavy (non-hydrogen) atoms. The summed E-state index contributed by atoms with van der Waals surface area (Å²) in [7, 11) is 0. The quantitative estimate of drug-likeness (QED) is 0.280. The van der Waals surface area contributed by atoms with Gasteiger partial charge in [-0.15, -0.1) is 0 Å². The molecule has 0 atom stereocenters. The Kier molecular flexibility index (Phi) is 6.88. The average molecular weight is 547 g/mol.